The lowest BCUT2D eigenvalue weighted by atomic mass is 10.0. The zero-order chi connectivity index (χ0) is 12.3. The normalized spacial score (nSPS) is 20.2. The summed E-state index contributed by atoms with van der Waals surface area (Å²) in [4.78, 5) is 10.9. The van der Waals surface area contributed by atoms with Gasteiger partial charge in [0.05, 0.1) is 18.6 Å². The lowest BCUT2D eigenvalue weighted by molar-refractivity contribution is -0.123. The zero-order valence-corrected chi connectivity index (χ0v) is 9.98. The Morgan fingerprint density at radius 3 is 3.12 bits per heavy atom. The maximum atomic E-state index is 10.9. The van der Waals surface area contributed by atoms with Gasteiger partial charge in [-0.25, -0.2) is 0 Å². The third-order valence-electron chi connectivity index (χ3n) is 3.05. The lowest BCUT2D eigenvalue weighted by Crippen LogP contribution is -2.34. The van der Waals surface area contributed by atoms with E-state index in [0.717, 1.165) is 13.0 Å². The Bertz CT molecular complexity index is 406. The number of carbonyl (C=O) groups excluding carboxylic acids is 1. The van der Waals surface area contributed by atoms with Gasteiger partial charge in [0, 0.05) is 18.7 Å². The Balaban J connectivity index is 1.88. The van der Waals surface area contributed by atoms with E-state index in [1.807, 2.05) is 12.1 Å². The first-order valence-corrected chi connectivity index (χ1v) is 5.89. The van der Waals surface area contributed by atoms with Crippen LogP contribution in [-0.2, 0) is 16.0 Å². The summed E-state index contributed by atoms with van der Waals surface area (Å²) in [6.45, 7) is 2.96. The second-order valence-corrected chi connectivity index (χ2v) is 4.50. The summed E-state index contributed by atoms with van der Waals surface area (Å²) in [6.07, 6.45) is 1.00. The molecule has 2 atom stereocenters. The third-order valence-corrected chi connectivity index (χ3v) is 3.05. The first-order chi connectivity index (χ1) is 8.16. The van der Waals surface area contributed by atoms with Crippen LogP contribution >= 0.6 is 0 Å². The van der Waals surface area contributed by atoms with E-state index in [-0.39, 0.29) is 17.9 Å². The van der Waals surface area contributed by atoms with Crippen LogP contribution in [0.1, 0.15) is 12.5 Å². The molecule has 1 aromatic rings. The van der Waals surface area contributed by atoms with E-state index in [9.17, 15) is 4.79 Å². The molecule has 1 aromatic carbocycles. The lowest BCUT2D eigenvalue weighted by Gasteiger charge is -2.26. The van der Waals surface area contributed by atoms with E-state index in [4.69, 9.17) is 10.5 Å². The molecule has 4 heteroatoms. The molecule has 0 bridgehead atoms. The van der Waals surface area contributed by atoms with Gasteiger partial charge in [-0.1, -0.05) is 25.1 Å². The molecule has 0 fully saturated rings. The number of rotatable bonds is 4. The van der Waals surface area contributed by atoms with Crippen molar-refractivity contribution in [2.24, 2.45) is 11.7 Å². The van der Waals surface area contributed by atoms with E-state index in [2.05, 4.69) is 17.4 Å². The van der Waals surface area contributed by atoms with Crippen molar-refractivity contribution in [3.8, 4) is 0 Å². The molecule has 0 aromatic heterocycles. The third kappa shape index (κ3) is 2.97. The van der Waals surface area contributed by atoms with Crippen LogP contribution in [0.4, 0.5) is 5.69 Å². The first kappa shape index (κ1) is 11.9. The molecule has 0 aliphatic carbocycles. The SMILES string of the molecule is CC(COC1CNc2ccccc2C1)C(N)=O. The van der Waals surface area contributed by atoms with Gasteiger partial charge in [-0.15, -0.1) is 0 Å². The summed E-state index contributed by atoms with van der Waals surface area (Å²) in [7, 11) is 0. The molecule has 3 N–H and O–H groups in total. The molecule has 4 nitrogen and oxygen atoms in total. The van der Waals surface area contributed by atoms with E-state index < -0.39 is 0 Å². The van der Waals surface area contributed by atoms with E-state index in [0.29, 0.717) is 6.61 Å². The van der Waals surface area contributed by atoms with Gasteiger partial charge in [0.15, 0.2) is 0 Å². The summed E-state index contributed by atoms with van der Waals surface area (Å²) in [5.41, 5.74) is 7.63. The van der Waals surface area contributed by atoms with Crippen LogP contribution < -0.4 is 11.1 Å². The molecular formula is C13H18N2O2. The van der Waals surface area contributed by atoms with Crippen LogP contribution in [0.5, 0.6) is 0 Å². The summed E-state index contributed by atoms with van der Waals surface area (Å²) < 4.78 is 5.70. The highest BCUT2D eigenvalue weighted by Gasteiger charge is 2.19. The minimum Gasteiger partial charge on any atom is -0.382 e. The topological polar surface area (TPSA) is 64.3 Å². The van der Waals surface area contributed by atoms with Crippen molar-refractivity contribution in [3.05, 3.63) is 29.8 Å². The predicted octanol–water partition coefficient (Wildman–Crippen LogP) is 1.16. The number of anilines is 1. The average molecular weight is 234 g/mol. The Labute approximate surface area is 101 Å². The fourth-order valence-corrected chi connectivity index (χ4v) is 1.89. The van der Waals surface area contributed by atoms with Gasteiger partial charge in [-0.3, -0.25) is 4.79 Å². The summed E-state index contributed by atoms with van der Waals surface area (Å²) in [5.74, 6) is -0.540. The molecule has 1 aliphatic heterocycles. The van der Waals surface area contributed by atoms with Crippen LogP contribution in [0, 0.1) is 5.92 Å². The molecule has 1 aliphatic rings. The standard InChI is InChI=1S/C13H18N2O2/c1-9(13(14)16)8-17-11-6-10-4-2-3-5-12(10)15-7-11/h2-5,9,11,15H,6-8H2,1H3,(H2,14,16). The van der Waals surface area contributed by atoms with Gasteiger partial charge in [-0.05, 0) is 11.6 Å². The molecule has 0 spiro atoms. The van der Waals surface area contributed by atoms with Crippen molar-refractivity contribution >= 4 is 11.6 Å². The van der Waals surface area contributed by atoms with Crippen molar-refractivity contribution < 1.29 is 9.53 Å². The van der Waals surface area contributed by atoms with Gasteiger partial charge in [-0.2, -0.15) is 0 Å². The molecule has 0 saturated carbocycles. The molecule has 1 heterocycles. The van der Waals surface area contributed by atoms with Crippen LogP contribution in [0.3, 0.4) is 0 Å². The summed E-state index contributed by atoms with van der Waals surface area (Å²) >= 11 is 0. The number of ether oxygens (including phenoxy) is 1. The van der Waals surface area contributed by atoms with Crippen LogP contribution in [0.2, 0.25) is 0 Å². The fourth-order valence-electron chi connectivity index (χ4n) is 1.89. The number of hydrogen-bond donors (Lipinski definition) is 2. The Morgan fingerprint density at radius 1 is 1.59 bits per heavy atom. The average Bonchev–Trinajstić information content (AvgIpc) is 2.35. The van der Waals surface area contributed by atoms with Gasteiger partial charge < -0.3 is 15.8 Å². The maximum Gasteiger partial charge on any atom is 0.222 e. The fraction of sp³-hybridized carbons (Fsp3) is 0.462. The smallest absolute Gasteiger partial charge is 0.222 e. The highest BCUT2D eigenvalue weighted by molar-refractivity contribution is 5.76. The Kier molecular flexibility index (Phi) is 3.64. The van der Waals surface area contributed by atoms with Crippen molar-refractivity contribution in [1.29, 1.82) is 0 Å². The number of para-hydroxylation sites is 1. The number of hydrogen-bond acceptors (Lipinski definition) is 3. The zero-order valence-electron chi connectivity index (χ0n) is 9.98. The minimum absolute atomic E-state index is 0.117. The van der Waals surface area contributed by atoms with Crippen LogP contribution in [0.15, 0.2) is 24.3 Å². The van der Waals surface area contributed by atoms with Gasteiger partial charge in [0.25, 0.3) is 0 Å². The van der Waals surface area contributed by atoms with Gasteiger partial charge in [0.2, 0.25) is 5.91 Å². The second kappa shape index (κ2) is 5.19. The van der Waals surface area contributed by atoms with E-state index >= 15 is 0 Å². The molecule has 1 amide bonds. The van der Waals surface area contributed by atoms with E-state index in [1.54, 1.807) is 6.92 Å². The minimum atomic E-state index is -0.311. The number of primary amides is 1. The van der Waals surface area contributed by atoms with Crippen molar-refractivity contribution in [2.75, 3.05) is 18.5 Å². The first-order valence-electron chi connectivity index (χ1n) is 5.89. The number of amides is 1. The highest BCUT2D eigenvalue weighted by atomic mass is 16.5. The largest absolute Gasteiger partial charge is 0.382 e. The monoisotopic (exact) mass is 234 g/mol. The molecule has 2 rings (SSSR count). The highest BCUT2D eigenvalue weighted by Crippen LogP contribution is 2.22. The molecule has 17 heavy (non-hydrogen) atoms. The van der Waals surface area contributed by atoms with Gasteiger partial charge in [0.1, 0.15) is 0 Å². The molecule has 2 unspecified atom stereocenters. The van der Waals surface area contributed by atoms with Gasteiger partial charge >= 0.3 is 0 Å². The van der Waals surface area contributed by atoms with Crippen molar-refractivity contribution in [1.82, 2.24) is 0 Å². The van der Waals surface area contributed by atoms with Crippen molar-refractivity contribution in [3.63, 3.8) is 0 Å². The van der Waals surface area contributed by atoms with Crippen molar-refractivity contribution in [2.45, 2.75) is 19.4 Å². The summed E-state index contributed by atoms with van der Waals surface area (Å²) in [5, 5.41) is 3.32. The number of carbonyl (C=O) groups is 1. The van der Waals surface area contributed by atoms with Crippen LogP contribution in [0.25, 0.3) is 0 Å². The number of fused-ring (bicyclic) bond motifs is 1. The second-order valence-electron chi connectivity index (χ2n) is 4.50. The van der Waals surface area contributed by atoms with E-state index in [1.165, 1.54) is 11.3 Å². The predicted molar refractivity (Wildman–Crippen MR) is 66.7 cm³/mol. The molecule has 0 saturated heterocycles. The molecular weight excluding hydrogens is 216 g/mol. The Morgan fingerprint density at radius 2 is 2.35 bits per heavy atom. The number of benzene rings is 1. The quantitative estimate of drug-likeness (QED) is 0.821. The maximum absolute atomic E-state index is 10.9. The van der Waals surface area contributed by atoms with Crippen LogP contribution in [-0.4, -0.2) is 25.2 Å². The molecule has 0 radical (unpaired) electrons. The number of nitrogens with two attached hydrogens (primary N) is 1. The number of nitrogens with one attached hydrogen (secondary N) is 1. The molecule has 92 valence electrons. The Hall–Kier alpha value is -1.55. The summed E-state index contributed by atoms with van der Waals surface area (Å²) in [6, 6.07) is 8.20.